The smallest absolute Gasteiger partial charge is 0.0693 e. The minimum Gasteiger partial charge on any atom is -0.326 e. The monoisotopic (exact) mass is 253 g/mol. The molecule has 2 aromatic rings. The van der Waals surface area contributed by atoms with Gasteiger partial charge in [0, 0.05) is 23.5 Å². The number of nitrogens with two attached hydrogens (primary N) is 1. The molecule has 0 aliphatic heterocycles. The van der Waals surface area contributed by atoms with Gasteiger partial charge in [0.05, 0.1) is 11.2 Å². The lowest BCUT2D eigenvalue weighted by molar-refractivity contribution is 0.783. The number of hydrogen-bond donors (Lipinski definition) is 1. The maximum absolute atomic E-state index is 5.64. The Bertz CT molecular complexity index is 488. The highest BCUT2D eigenvalue weighted by Crippen LogP contribution is 2.25. The molecule has 1 heterocycles. The Kier molecular flexibility index (Phi) is 2.33. The van der Waals surface area contributed by atoms with Crippen molar-refractivity contribution in [3.05, 3.63) is 27.9 Å². The van der Waals surface area contributed by atoms with Gasteiger partial charge in [0.1, 0.15) is 0 Å². The van der Waals surface area contributed by atoms with Crippen LogP contribution in [0.15, 0.2) is 16.6 Å². The molecular weight excluding hydrogens is 242 g/mol. The Balaban J connectivity index is 2.82. The third-order valence-electron chi connectivity index (χ3n) is 2.42. The van der Waals surface area contributed by atoms with Crippen LogP contribution in [0, 0.1) is 6.92 Å². The van der Waals surface area contributed by atoms with E-state index in [1.165, 1.54) is 5.39 Å². The fraction of sp³-hybridized carbons (Fsp3) is 0.300. The van der Waals surface area contributed by atoms with Gasteiger partial charge < -0.3 is 5.73 Å². The van der Waals surface area contributed by atoms with E-state index in [-0.39, 0.29) is 0 Å². The average Bonchev–Trinajstić information content (AvgIpc) is 2.41. The summed E-state index contributed by atoms with van der Waals surface area (Å²) in [6.45, 7) is 2.56. The van der Waals surface area contributed by atoms with Crippen LogP contribution in [0.5, 0.6) is 0 Å². The quantitative estimate of drug-likeness (QED) is 0.846. The molecule has 1 aromatic carbocycles. The lowest BCUT2D eigenvalue weighted by Crippen LogP contribution is -1.97. The molecule has 3 nitrogen and oxygen atoms in total. The molecule has 0 bridgehead atoms. The second-order valence-electron chi connectivity index (χ2n) is 3.37. The summed E-state index contributed by atoms with van der Waals surface area (Å²) < 4.78 is 2.94. The lowest BCUT2D eigenvalue weighted by Gasteiger charge is -2.02. The summed E-state index contributed by atoms with van der Waals surface area (Å²) in [6.07, 6.45) is 0. The molecule has 2 N–H and O–H groups in total. The van der Waals surface area contributed by atoms with Crippen LogP contribution in [-0.4, -0.2) is 9.78 Å². The first-order valence-electron chi connectivity index (χ1n) is 4.45. The van der Waals surface area contributed by atoms with Crippen molar-refractivity contribution in [1.82, 2.24) is 9.78 Å². The van der Waals surface area contributed by atoms with E-state index >= 15 is 0 Å². The number of nitrogens with zero attached hydrogens (tertiary/aromatic N) is 2. The van der Waals surface area contributed by atoms with Gasteiger partial charge in [-0.15, -0.1) is 0 Å². The molecular formula is C10H12BrN3. The summed E-state index contributed by atoms with van der Waals surface area (Å²) in [4.78, 5) is 0. The highest BCUT2D eigenvalue weighted by atomic mass is 79.9. The van der Waals surface area contributed by atoms with Gasteiger partial charge >= 0.3 is 0 Å². The van der Waals surface area contributed by atoms with E-state index in [9.17, 15) is 0 Å². The van der Waals surface area contributed by atoms with E-state index in [2.05, 4.69) is 33.2 Å². The van der Waals surface area contributed by atoms with Gasteiger partial charge in [-0.3, -0.25) is 4.68 Å². The highest BCUT2D eigenvalue weighted by molar-refractivity contribution is 9.10. The van der Waals surface area contributed by atoms with Gasteiger partial charge in [-0.05, 0) is 24.6 Å². The summed E-state index contributed by atoms with van der Waals surface area (Å²) >= 11 is 3.50. The number of aryl methyl sites for hydroxylation is 2. The first kappa shape index (κ1) is 9.68. The standard InChI is InChI=1S/C10H12BrN3/c1-6-8-3-7(5-12)9(11)4-10(8)14(2)13-6/h3-4H,5,12H2,1-2H3. The van der Waals surface area contributed by atoms with Crippen LogP contribution in [-0.2, 0) is 13.6 Å². The van der Waals surface area contributed by atoms with Crippen molar-refractivity contribution in [3.63, 3.8) is 0 Å². The zero-order chi connectivity index (χ0) is 10.3. The molecule has 0 saturated heterocycles. The number of fused-ring (bicyclic) bond motifs is 1. The Labute approximate surface area is 91.0 Å². The summed E-state index contributed by atoms with van der Waals surface area (Å²) in [6, 6.07) is 4.17. The second kappa shape index (κ2) is 3.37. The van der Waals surface area contributed by atoms with E-state index in [0.29, 0.717) is 6.54 Å². The van der Waals surface area contributed by atoms with E-state index in [1.807, 2.05) is 18.7 Å². The van der Waals surface area contributed by atoms with Crippen molar-refractivity contribution in [2.75, 3.05) is 0 Å². The van der Waals surface area contributed by atoms with Crippen LogP contribution in [0.3, 0.4) is 0 Å². The Morgan fingerprint density at radius 3 is 2.86 bits per heavy atom. The van der Waals surface area contributed by atoms with E-state index in [1.54, 1.807) is 0 Å². The number of aromatic nitrogens is 2. The molecule has 4 heteroatoms. The molecule has 0 spiro atoms. The zero-order valence-electron chi connectivity index (χ0n) is 8.21. The Morgan fingerprint density at radius 2 is 2.21 bits per heavy atom. The summed E-state index contributed by atoms with van der Waals surface area (Å²) in [5, 5.41) is 5.54. The van der Waals surface area contributed by atoms with Gasteiger partial charge in [0.2, 0.25) is 0 Å². The summed E-state index contributed by atoms with van der Waals surface area (Å²) in [5.41, 5.74) is 8.94. The summed E-state index contributed by atoms with van der Waals surface area (Å²) in [5.74, 6) is 0. The van der Waals surface area contributed by atoms with Gasteiger partial charge in [0.25, 0.3) is 0 Å². The second-order valence-corrected chi connectivity index (χ2v) is 4.23. The molecule has 1 aromatic heterocycles. The first-order valence-corrected chi connectivity index (χ1v) is 5.24. The molecule has 74 valence electrons. The molecule has 0 amide bonds. The lowest BCUT2D eigenvalue weighted by atomic mass is 10.1. The topological polar surface area (TPSA) is 43.8 Å². The largest absolute Gasteiger partial charge is 0.326 e. The molecule has 0 atom stereocenters. The van der Waals surface area contributed by atoms with Gasteiger partial charge in [-0.1, -0.05) is 15.9 Å². The zero-order valence-corrected chi connectivity index (χ0v) is 9.80. The number of rotatable bonds is 1. The average molecular weight is 254 g/mol. The van der Waals surface area contributed by atoms with Crippen molar-refractivity contribution in [1.29, 1.82) is 0 Å². The third-order valence-corrected chi connectivity index (χ3v) is 3.16. The molecule has 0 aliphatic rings. The minimum absolute atomic E-state index is 0.546. The van der Waals surface area contributed by atoms with Crippen LogP contribution in [0.2, 0.25) is 0 Å². The molecule has 14 heavy (non-hydrogen) atoms. The predicted octanol–water partition coefficient (Wildman–Crippen LogP) is 2.10. The highest BCUT2D eigenvalue weighted by Gasteiger charge is 2.07. The maximum Gasteiger partial charge on any atom is 0.0693 e. The maximum atomic E-state index is 5.64. The number of benzene rings is 1. The predicted molar refractivity (Wildman–Crippen MR) is 61.0 cm³/mol. The summed E-state index contributed by atoms with van der Waals surface area (Å²) in [7, 11) is 1.95. The Morgan fingerprint density at radius 1 is 1.50 bits per heavy atom. The molecule has 0 unspecified atom stereocenters. The van der Waals surface area contributed by atoms with Crippen LogP contribution >= 0.6 is 15.9 Å². The Hall–Kier alpha value is -0.870. The normalized spacial score (nSPS) is 11.1. The van der Waals surface area contributed by atoms with Crippen LogP contribution in [0.4, 0.5) is 0 Å². The number of hydrogen-bond acceptors (Lipinski definition) is 2. The number of halogens is 1. The minimum atomic E-state index is 0.546. The van der Waals surface area contributed by atoms with Crippen LogP contribution in [0.1, 0.15) is 11.3 Å². The van der Waals surface area contributed by atoms with E-state index in [0.717, 1.165) is 21.2 Å². The molecule has 0 aliphatic carbocycles. The van der Waals surface area contributed by atoms with Crippen molar-refractivity contribution in [2.24, 2.45) is 12.8 Å². The van der Waals surface area contributed by atoms with Crippen molar-refractivity contribution < 1.29 is 0 Å². The van der Waals surface area contributed by atoms with E-state index in [4.69, 9.17) is 5.73 Å². The van der Waals surface area contributed by atoms with Crippen molar-refractivity contribution >= 4 is 26.8 Å². The fourth-order valence-electron chi connectivity index (χ4n) is 1.65. The van der Waals surface area contributed by atoms with Crippen molar-refractivity contribution in [2.45, 2.75) is 13.5 Å². The van der Waals surface area contributed by atoms with Crippen LogP contribution in [0.25, 0.3) is 10.9 Å². The van der Waals surface area contributed by atoms with Gasteiger partial charge in [-0.2, -0.15) is 5.10 Å². The van der Waals surface area contributed by atoms with E-state index < -0.39 is 0 Å². The van der Waals surface area contributed by atoms with Crippen LogP contribution < -0.4 is 5.73 Å². The molecule has 0 radical (unpaired) electrons. The fourth-order valence-corrected chi connectivity index (χ4v) is 2.15. The molecule has 2 rings (SSSR count). The van der Waals surface area contributed by atoms with Gasteiger partial charge in [0.15, 0.2) is 0 Å². The molecule has 0 saturated carbocycles. The van der Waals surface area contributed by atoms with Crippen molar-refractivity contribution in [3.8, 4) is 0 Å². The third kappa shape index (κ3) is 1.35. The van der Waals surface area contributed by atoms with Gasteiger partial charge in [-0.25, -0.2) is 0 Å². The first-order chi connectivity index (χ1) is 6.63. The molecule has 0 fully saturated rings. The SMILES string of the molecule is Cc1nn(C)c2cc(Br)c(CN)cc12.